The SMILES string of the molecule is CCCc1nc2cc(C)c(C)nc2n1-c1ccc(-c2ccccc2-c2nn[nH]n2)cc1. The fraction of sp³-hybridized carbons (Fsp3) is 0.208. The fourth-order valence-corrected chi connectivity index (χ4v) is 3.89. The van der Waals surface area contributed by atoms with Crippen LogP contribution in [0, 0.1) is 13.8 Å². The van der Waals surface area contributed by atoms with E-state index in [1.807, 2.05) is 25.1 Å². The van der Waals surface area contributed by atoms with Gasteiger partial charge in [0.25, 0.3) is 0 Å². The van der Waals surface area contributed by atoms with E-state index in [0.29, 0.717) is 5.82 Å². The zero-order chi connectivity index (χ0) is 21.4. The number of rotatable bonds is 5. The second-order valence-corrected chi connectivity index (χ2v) is 7.67. The summed E-state index contributed by atoms with van der Waals surface area (Å²) >= 11 is 0. The zero-order valence-electron chi connectivity index (χ0n) is 17.8. The number of hydrogen-bond donors (Lipinski definition) is 1. The minimum Gasteiger partial charge on any atom is -0.281 e. The smallest absolute Gasteiger partial charge is 0.205 e. The first-order chi connectivity index (χ1) is 15.2. The summed E-state index contributed by atoms with van der Waals surface area (Å²) < 4.78 is 2.18. The molecule has 31 heavy (non-hydrogen) atoms. The number of fused-ring (bicyclic) bond motifs is 1. The molecule has 0 aliphatic carbocycles. The van der Waals surface area contributed by atoms with E-state index in [4.69, 9.17) is 9.97 Å². The van der Waals surface area contributed by atoms with Gasteiger partial charge >= 0.3 is 0 Å². The van der Waals surface area contributed by atoms with Crippen molar-refractivity contribution in [2.24, 2.45) is 0 Å². The predicted molar refractivity (Wildman–Crippen MR) is 121 cm³/mol. The third-order valence-electron chi connectivity index (χ3n) is 5.57. The number of hydrogen-bond acceptors (Lipinski definition) is 5. The van der Waals surface area contributed by atoms with E-state index in [0.717, 1.165) is 63.5 Å². The molecule has 3 aromatic heterocycles. The Morgan fingerprint density at radius 1 is 0.935 bits per heavy atom. The lowest BCUT2D eigenvalue weighted by Gasteiger charge is -2.11. The summed E-state index contributed by atoms with van der Waals surface area (Å²) in [4.78, 5) is 9.74. The number of aromatic nitrogens is 7. The number of imidazole rings is 1. The molecule has 7 nitrogen and oxygen atoms in total. The first-order valence-electron chi connectivity index (χ1n) is 10.4. The van der Waals surface area contributed by atoms with E-state index >= 15 is 0 Å². The van der Waals surface area contributed by atoms with E-state index in [9.17, 15) is 0 Å². The number of benzene rings is 2. The summed E-state index contributed by atoms with van der Waals surface area (Å²) in [5.41, 5.74) is 8.19. The average Bonchev–Trinajstić information content (AvgIpc) is 3.43. The molecule has 7 heteroatoms. The molecule has 0 saturated carbocycles. The molecule has 0 amide bonds. The molecule has 0 aliphatic rings. The number of tetrazole rings is 1. The van der Waals surface area contributed by atoms with Crippen molar-refractivity contribution in [3.8, 4) is 28.2 Å². The van der Waals surface area contributed by atoms with Crippen molar-refractivity contribution in [2.75, 3.05) is 0 Å². The molecule has 0 unspecified atom stereocenters. The molecule has 5 aromatic rings. The molecule has 3 heterocycles. The van der Waals surface area contributed by atoms with Gasteiger partial charge in [-0.05, 0) is 60.4 Å². The monoisotopic (exact) mass is 409 g/mol. The van der Waals surface area contributed by atoms with Gasteiger partial charge in [0.2, 0.25) is 5.82 Å². The molecule has 1 N–H and O–H groups in total. The first kappa shape index (κ1) is 19.1. The van der Waals surface area contributed by atoms with E-state index in [2.05, 4.69) is 75.4 Å². The van der Waals surface area contributed by atoms with Crippen molar-refractivity contribution in [1.82, 2.24) is 35.2 Å². The summed E-state index contributed by atoms with van der Waals surface area (Å²) in [7, 11) is 0. The normalized spacial score (nSPS) is 11.3. The van der Waals surface area contributed by atoms with Gasteiger partial charge in [-0.2, -0.15) is 5.21 Å². The van der Waals surface area contributed by atoms with Crippen molar-refractivity contribution in [2.45, 2.75) is 33.6 Å². The van der Waals surface area contributed by atoms with Crippen molar-refractivity contribution in [3.05, 3.63) is 71.7 Å². The third-order valence-corrected chi connectivity index (χ3v) is 5.57. The molecule has 0 radical (unpaired) electrons. The van der Waals surface area contributed by atoms with Gasteiger partial charge in [0.05, 0.1) is 0 Å². The second-order valence-electron chi connectivity index (χ2n) is 7.67. The van der Waals surface area contributed by atoms with E-state index in [-0.39, 0.29) is 0 Å². The van der Waals surface area contributed by atoms with Crippen LogP contribution in [0.3, 0.4) is 0 Å². The van der Waals surface area contributed by atoms with Gasteiger partial charge in [-0.3, -0.25) is 4.57 Å². The maximum Gasteiger partial charge on any atom is 0.205 e. The van der Waals surface area contributed by atoms with Gasteiger partial charge in [-0.25, -0.2) is 9.97 Å². The first-order valence-corrected chi connectivity index (χ1v) is 10.4. The Balaban J connectivity index is 1.61. The van der Waals surface area contributed by atoms with Crippen molar-refractivity contribution >= 4 is 11.2 Å². The van der Waals surface area contributed by atoms with Crippen LogP contribution in [0.2, 0.25) is 0 Å². The summed E-state index contributed by atoms with van der Waals surface area (Å²) in [6, 6.07) is 18.7. The molecule has 0 atom stereocenters. The lowest BCUT2D eigenvalue weighted by atomic mass is 9.99. The highest BCUT2D eigenvalue weighted by Gasteiger charge is 2.15. The quantitative estimate of drug-likeness (QED) is 0.449. The van der Waals surface area contributed by atoms with Crippen LogP contribution in [-0.2, 0) is 6.42 Å². The summed E-state index contributed by atoms with van der Waals surface area (Å²) in [5, 5.41) is 14.5. The molecule has 0 saturated heterocycles. The topological polar surface area (TPSA) is 85.2 Å². The van der Waals surface area contributed by atoms with Crippen molar-refractivity contribution in [1.29, 1.82) is 0 Å². The molecular formula is C24H23N7. The van der Waals surface area contributed by atoms with Crippen molar-refractivity contribution < 1.29 is 0 Å². The Morgan fingerprint density at radius 3 is 2.42 bits per heavy atom. The van der Waals surface area contributed by atoms with Gasteiger partial charge in [-0.15, -0.1) is 10.2 Å². The van der Waals surface area contributed by atoms with Gasteiger partial charge in [-0.1, -0.05) is 43.3 Å². The van der Waals surface area contributed by atoms with E-state index < -0.39 is 0 Å². The maximum absolute atomic E-state index is 4.88. The highest BCUT2D eigenvalue weighted by molar-refractivity contribution is 5.81. The Bertz CT molecular complexity index is 1350. The Morgan fingerprint density at radius 2 is 1.71 bits per heavy atom. The average molecular weight is 409 g/mol. The van der Waals surface area contributed by atoms with E-state index in [1.54, 1.807) is 0 Å². The van der Waals surface area contributed by atoms with Crippen LogP contribution < -0.4 is 0 Å². The number of nitrogens with zero attached hydrogens (tertiary/aromatic N) is 6. The number of aromatic amines is 1. The van der Waals surface area contributed by atoms with Gasteiger partial charge in [0.1, 0.15) is 11.3 Å². The lowest BCUT2D eigenvalue weighted by Crippen LogP contribution is -2.02. The maximum atomic E-state index is 4.88. The molecule has 0 aliphatic heterocycles. The summed E-state index contributed by atoms with van der Waals surface area (Å²) in [6.07, 6.45) is 1.92. The standard InChI is InChI=1S/C24H23N7/c1-4-7-22-26-21-14-15(2)16(3)25-24(21)31(22)18-12-10-17(11-13-18)19-8-5-6-9-20(19)23-27-29-30-28-23/h5-6,8-14H,4,7H2,1-3H3,(H,27,28,29,30). The largest absolute Gasteiger partial charge is 0.281 e. The molecule has 0 spiro atoms. The Hall–Kier alpha value is -3.87. The van der Waals surface area contributed by atoms with Crippen LogP contribution in [-0.4, -0.2) is 35.2 Å². The summed E-state index contributed by atoms with van der Waals surface area (Å²) in [5.74, 6) is 1.62. The summed E-state index contributed by atoms with van der Waals surface area (Å²) in [6.45, 7) is 6.30. The van der Waals surface area contributed by atoms with E-state index in [1.165, 1.54) is 0 Å². The number of pyridine rings is 1. The number of H-pyrrole nitrogens is 1. The van der Waals surface area contributed by atoms with Crippen LogP contribution in [0.5, 0.6) is 0 Å². The molecule has 2 aromatic carbocycles. The minimum atomic E-state index is 0.584. The highest BCUT2D eigenvalue weighted by Crippen LogP contribution is 2.31. The van der Waals surface area contributed by atoms with Gasteiger partial charge < -0.3 is 0 Å². The lowest BCUT2D eigenvalue weighted by molar-refractivity contribution is 0.815. The molecule has 154 valence electrons. The Kier molecular flexibility index (Phi) is 4.78. The predicted octanol–water partition coefficient (Wildman–Crippen LogP) is 4.84. The van der Waals surface area contributed by atoms with Crippen LogP contribution in [0.25, 0.3) is 39.4 Å². The molecule has 0 fully saturated rings. The molecule has 5 rings (SSSR count). The fourth-order valence-electron chi connectivity index (χ4n) is 3.89. The second kappa shape index (κ2) is 7.75. The Labute approximate surface area is 180 Å². The number of nitrogens with one attached hydrogen (secondary N) is 1. The van der Waals surface area contributed by atoms with Crippen LogP contribution >= 0.6 is 0 Å². The van der Waals surface area contributed by atoms with Gasteiger partial charge in [0, 0.05) is 23.4 Å². The molecule has 0 bridgehead atoms. The highest BCUT2D eigenvalue weighted by atomic mass is 15.5. The van der Waals surface area contributed by atoms with Gasteiger partial charge in [0.15, 0.2) is 5.65 Å². The van der Waals surface area contributed by atoms with Crippen LogP contribution in [0.15, 0.2) is 54.6 Å². The zero-order valence-corrected chi connectivity index (χ0v) is 17.8. The van der Waals surface area contributed by atoms with Crippen LogP contribution in [0.4, 0.5) is 0 Å². The third kappa shape index (κ3) is 3.38. The molecular weight excluding hydrogens is 386 g/mol. The van der Waals surface area contributed by atoms with Crippen LogP contribution in [0.1, 0.15) is 30.4 Å². The minimum absolute atomic E-state index is 0.584. The van der Waals surface area contributed by atoms with Crippen molar-refractivity contribution in [3.63, 3.8) is 0 Å². The number of aryl methyl sites for hydroxylation is 3.